The van der Waals surface area contributed by atoms with E-state index in [1.165, 1.54) is 17.7 Å². The first kappa shape index (κ1) is 18.3. The van der Waals surface area contributed by atoms with E-state index in [0.29, 0.717) is 12.7 Å². The maximum atomic E-state index is 12.2. The summed E-state index contributed by atoms with van der Waals surface area (Å²) < 4.78 is 0. The summed E-state index contributed by atoms with van der Waals surface area (Å²) in [4.78, 5) is 23.4. The third-order valence-corrected chi connectivity index (χ3v) is 4.08. The highest BCUT2D eigenvalue weighted by Gasteiger charge is 2.18. The molecule has 0 radical (unpaired) electrons. The molecule has 0 aromatic heterocycles. The molecule has 126 valence electrons. The minimum absolute atomic E-state index is 0.0145. The number of nitrogens with one attached hydrogen (secondary N) is 1. The van der Waals surface area contributed by atoms with Crippen molar-refractivity contribution in [1.82, 2.24) is 5.32 Å². The number of rotatable bonds is 7. The Labute approximate surface area is 150 Å². The van der Waals surface area contributed by atoms with Gasteiger partial charge in [-0.1, -0.05) is 53.5 Å². The average Bonchev–Trinajstić information content (AvgIpc) is 2.58. The number of amides is 1. The summed E-state index contributed by atoms with van der Waals surface area (Å²) in [7, 11) is 0. The van der Waals surface area contributed by atoms with Gasteiger partial charge in [0.25, 0.3) is 5.91 Å². The summed E-state index contributed by atoms with van der Waals surface area (Å²) in [6.45, 7) is 0. The van der Waals surface area contributed by atoms with Crippen LogP contribution >= 0.6 is 23.2 Å². The highest BCUT2D eigenvalue weighted by Crippen LogP contribution is 2.31. The van der Waals surface area contributed by atoms with E-state index in [9.17, 15) is 14.7 Å². The van der Waals surface area contributed by atoms with E-state index >= 15 is 0 Å². The highest BCUT2D eigenvalue weighted by molar-refractivity contribution is 6.36. The molecule has 2 aromatic rings. The minimum Gasteiger partial charge on any atom is -0.506 e. The number of carbonyl (C=O) groups is 2. The van der Waals surface area contributed by atoms with Gasteiger partial charge in [-0.15, -0.1) is 0 Å². The summed E-state index contributed by atoms with van der Waals surface area (Å²) in [6.07, 6.45) is 2.75. The minimum atomic E-state index is -0.640. The zero-order valence-corrected chi connectivity index (χ0v) is 14.3. The molecule has 4 nitrogen and oxygen atoms in total. The average molecular weight is 366 g/mol. The van der Waals surface area contributed by atoms with E-state index in [1.54, 1.807) is 0 Å². The zero-order valence-electron chi connectivity index (χ0n) is 12.8. The molecule has 2 rings (SSSR count). The molecule has 0 heterocycles. The molecule has 0 fully saturated rings. The van der Waals surface area contributed by atoms with Crippen molar-refractivity contribution in [1.29, 1.82) is 0 Å². The third kappa shape index (κ3) is 4.98. The van der Waals surface area contributed by atoms with Crippen LogP contribution in [-0.2, 0) is 11.2 Å². The van der Waals surface area contributed by atoms with Crippen LogP contribution in [0.2, 0.25) is 10.0 Å². The first-order valence-electron chi connectivity index (χ1n) is 7.49. The molecule has 0 saturated heterocycles. The van der Waals surface area contributed by atoms with Crippen LogP contribution < -0.4 is 5.32 Å². The Morgan fingerprint density at radius 1 is 1.21 bits per heavy atom. The van der Waals surface area contributed by atoms with Crippen molar-refractivity contribution in [2.24, 2.45) is 0 Å². The second-order valence-corrected chi connectivity index (χ2v) is 6.22. The number of benzene rings is 2. The number of halogens is 2. The Kier molecular flexibility index (Phi) is 6.64. The topological polar surface area (TPSA) is 66.4 Å². The van der Waals surface area contributed by atoms with Crippen LogP contribution in [0.25, 0.3) is 0 Å². The molecule has 0 unspecified atom stereocenters. The van der Waals surface area contributed by atoms with Gasteiger partial charge in [0, 0.05) is 5.02 Å². The van der Waals surface area contributed by atoms with Crippen molar-refractivity contribution in [2.75, 3.05) is 0 Å². The lowest BCUT2D eigenvalue weighted by atomic mass is 10.0. The lowest BCUT2D eigenvalue weighted by Gasteiger charge is -2.14. The van der Waals surface area contributed by atoms with Gasteiger partial charge in [-0.3, -0.25) is 4.79 Å². The van der Waals surface area contributed by atoms with E-state index in [1.807, 2.05) is 30.3 Å². The van der Waals surface area contributed by atoms with Crippen LogP contribution in [0.3, 0.4) is 0 Å². The standard InChI is InChI=1S/C18H17Cl2NO3/c19-13-9-15(17(23)16(20)10-13)18(24)21-14(11-22)8-4-7-12-5-2-1-3-6-12/h1-3,5-6,9-11,14,23H,4,7-8H2,(H,21,24)/t14-/m1/s1. The van der Waals surface area contributed by atoms with E-state index < -0.39 is 11.9 Å². The van der Waals surface area contributed by atoms with Crippen molar-refractivity contribution in [2.45, 2.75) is 25.3 Å². The molecule has 0 bridgehead atoms. The van der Waals surface area contributed by atoms with Gasteiger partial charge in [0.2, 0.25) is 0 Å². The Hall–Kier alpha value is -2.04. The van der Waals surface area contributed by atoms with E-state index in [0.717, 1.165) is 12.8 Å². The second-order valence-electron chi connectivity index (χ2n) is 5.38. The SMILES string of the molecule is O=C[C@@H](CCCc1ccccc1)NC(=O)c1cc(Cl)cc(Cl)c1O. The number of hydrogen-bond donors (Lipinski definition) is 2. The molecule has 1 amide bonds. The fraction of sp³-hybridized carbons (Fsp3) is 0.222. The highest BCUT2D eigenvalue weighted by atomic mass is 35.5. The van der Waals surface area contributed by atoms with Gasteiger partial charge >= 0.3 is 0 Å². The molecule has 0 aliphatic rings. The number of phenolic OH excluding ortho intramolecular Hbond substituents is 1. The summed E-state index contributed by atoms with van der Waals surface area (Å²) in [5, 5.41) is 12.7. The molecule has 1 atom stereocenters. The van der Waals surface area contributed by atoms with Crippen molar-refractivity contribution in [3.63, 3.8) is 0 Å². The number of aldehydes is 1. The van der Waals surface area contributed by atoms with Gasteiger partial charge in [0.15, 0.2) is 0 Å². The van der Waals surface area contributed by atoms with Crippen molar-refractivity contribution in [3.8, 4) is 5.75 Å². The normalized spacial score (nSPS) is 11.8. The quantitative estimate of drug-likeness (QED) is 0.728. The van der Waals surface area contributed by atoms with Gasteiger partial charge in [0.1, 0.15) is 12.0 Å². The molecular formula is C18H17Cl2NO3. The van der Waals surface area contributed by atoms with Crippen LogP contribution in [0.15, 0.2) is 42.5 Å². The Morgan fingerprint density at radius 2 is 1.92 bits per heavy atom. The fourth-order valence-electron chi connectivity index (χ4n) is 2.33. The Bertz CT molecular complexity index is 720. The molecule has 2 N–H and O–H groups in total. The van der Waals surface area contributed by atoms with Crippen LogP contribution in [0.5, 0.6) is 5.75 Å². The van der Waals surface area contributed by atoms with Gasteiger partial charge < -0.3 is 15.2 Å². The molecular weight excluding hydrogens is 349 g/mol. The number of aryl methyl sites for hydroxylation is 1. The first-order valence-corrected chi connectivity index (χ1v) is 8.25. The van der Waals surface area contributed by atoms with Crippen molar-refractivity contribution >= 4 is 35.4 Å². The van der Waals surface area contributed by atoms with Crippen LogP contribution in [0.1, 0.15) is 28.8 Å². The summed E-state index contributed by atoms with van der Waals surface area (Å²) >= 11 is 11.6. The van der Waals surface area contributed by atoms with Crippen LogP contribution in [0, 0.1) is 0 Å². The van der Waals surface area contributed by atoms with Crippen LogP contribution in [-0.4, -0.2) is 23.3 Å². The number of aromatic hydroxyl groups is 1. The molecule has 2 aromatic carbocycles. The van der Waals surface area contributed by atoms with E-state index in [4.69, 9.17) is 23.2 Å². The van der Waals surface area contributed by atoms with Crippen molar-refractivity contribution in [3.05, 3.63) is 63.6 Å². The molecule has 0 spiro atoms. The molecule has 6 heteroatoms. The van der Waals surface area contributed by atoms with Gasteiger partial charge in [0.05, 0.1) is 16.6 Å². The summed E-state index contributed by atoms with van der Waals surface area (Å²) in [5.74, 6) is -0.943. The molecule has 24 heavy (non-hydrogen) atoms. The Balaban J connectivity index is 1.95. The van der Waals surface area contributed by atoms with Crippen molar-refractivity contribution < 1.29 is 14.7 Å². The molecule has 0 saturated carbocycles. The largest absolute Gasteiger partial charge is 0.506 e. The predicted octanol–water partition coefficient (Wildman–Crippen LogP) is 4.02. The third-order valence-electron chi connectivity index (χ3n) is 3.58. The maximum absolute atomic E-state index is 12.2. The lowest BCUT2D eigenvalue weighted by Crippen LogP contribution is -2.36. The zero-order chi connectivity index (χ0) is 17.5. The van der Waals surface area contributed by atoms with E-state index in [-0.39, 0.29) is 21.4 Å². The van der Waals surface area contributed by atoms with Gasteiger partial charge in [-0.2, -0.15) is 0 Å². The number of phenols is 1. The summed E-state index contributed by atoms with van der Waals surface area (Å²) in [6, 6.07) is 11.9. The Morgan fingerprint density at radius 3 is 2.58 bits per heavy atom. The predicted molar refractivity (Wildman–Crippen MR) is 94.8 cm³/mol. The monoisotopic (exact) mass is 365 g/mol. The maximum Gasteiger partial charge on any atom is 0.255 e. The lowest BCUT2D eigenvalue weighted by molar-refractivity contribution is -0.109. The van der Waals surface area contributed by atoms with Gasteiger partial charge in [-0.25, -0.2) is 0 Å². The first-order chi connectivity index (χ1) is 11.5. The smallest absolute Gasteiger partial charge is 0.255 e. The molecule has 0 aliphatic heterocycles. The summed E-state index contributed by atoms with van der Waals surface area (Å²) in [5.41, 5.74) is 1.12. The van der Waals surface area contributed by atoms with Crippen LogP contribution in [0.4, 0.5) is 0 Å². The van der Waals surface area contributed by atoms with Gasteiger partial charge in [-0.05, 0) is 37.0 Å². The fourth-order valence-corrected chi connectivity index (χ4v) is 2.82. The number of carbonyl (C=O) groups excluding carboxylic acids is 2. The molecule has 0 aliphatic carbocycles. The number of hydrogen-bond acceptors (Lipinski definition) is 3. The van der Waals surface area contributed by atoms with E-state index in [2.05, 4.69) is 5.32 Å². The second kappa shape index (κ2) is 8.71.